The second kappa shape index (κ2) is 8.35. The van der Waals surface area contributed by atoms with E-state index in [0.717, 1.165) is 18.5 Å². The van der Waals surface area contributed by atoms with Gasteiger partial charge in [-0.25, -0.2) is 4.39 Å². The lowest BCUT2D eigenvalue weighted by molar-refractivity contribution is -0.134. The molecule has 1 atom stereocenters. The highest BCUT2D eigenvalue weighted by atomic mass is 35.5. The van der Waals surface area contributed by atoms with Crippen molar-refractivity contribution in [1.29, 1.82) is 0 Å². The predicted octanol–water partition coefficient (Wildman–Crippen LogP) is 3.16. The molecule has 0 aliphatic carbocycles. The van der Waals surface area contributed by atoms with Gasteiger partial charge in [0.25, 0.3) is 0 Å². The van der Waals surface area contributed by atoms with Crippen LogP contribution in [0.15, 0.2) is 24.3 Å². The Hall–Kier alpha value is -1.13. The van der Waals surface area contributed by atoms with Crippen LogP contribution in [0.3, 0.4) is 0 Å². The minimum atomic E-state index is -0.248. The lowest BCUT2D eigenvalue weighted by Gasteiger charge is -2.37. The number of hydrogen-bond acceptors (Lipinski definition) is 2. The summed E-state index contributed by atoms with van der Waals surface area (Å²) in [7, 11) is 0. The summed E-state index contributed by atoms with van der Waals surface area (Å²) in [5, 5.41) is 3.29. The minimum Gasteiger partial charge on any atom is -0.333 e. The smallest absolute Gasteiger partial charge is 0.223 e. The molecule has 1 N–H and O–H groups in total. The molecule has 0 aromatic heterocycles. The molecule has 1 fully saturated rings. The van der Waals surface area contributed by atoms with Crippen LogP contribution in [0.25, 0.3) is 0 Å². The minimum absolute atomic E-state index is 0. The van der Waals surface area contributed by atoms with E-state index < -0.39 is 0 Å². The lowest BCUT2D eigenvalue weighted by Crippen LogP contribution is -2.48. The zero-order chi connectivity index (χ0) is 14.5. The number of hydrogen-bond donors (Lipinski definition) is 1. The van der Waals surface area contributed by atoms with Crippen LogP contribution >= 0.6 is 12.4 Å². The Balaban J connectivity index is 0.00000220. The molecule has 3 nitrogen and oxygen atoms in total. The molecule has 118 valence electrons. The first-order valence-corrected chi connectivity index (χ1v) is 7.33. The Morgan fingerprint density at radius 1 is 1.48 bits per heavy atom. The Bertz CT molecular complexity index is 467. The maximum atomic E-state index is 13.4. The van der Waals surface area contributed by atoms with Crippen molar-refractivity contribution in [3.63, 3.8) is 0 Å². The standard InChI is InChI=1S/C16H23FN2O.ClH/c1-12(2)6-7-16(20)19-9-8-18-11-15(19)13-4-3-5-14(17)10-13;/h3-5,10,12,15,18H,6-9,11H2,1-2H3;1H. The van der Waals surface area contributed by atoms with Crippen LogP contribution in [0.2, 0.25) is 0 Å². The first-order valence-electron chi connectivity index (χ1n) is 7.33. The molecule has 0 bridgehead atoms. The molecule has 1 saturated heterocycles. The molecule has 1 amide bonds. The molecule has 5 heteroatoms. The fraction of sp³-hybridized carbons (Fsp3) is 0.562. The van der Waals surface area contributed by atoms with Gasteiger partial charge in [-0.1, -0.05) is 26.0 Å². The molecule has 1 heterocycles. The summed E-state index contributed by atoms with van der Waals surface area (Å²) in [6, 6.07) is 6.50. The Morgan fingerprint density at radius 3 is 2.90 bits per heavy atom. The van der Waals surface area contributed by atoms with Crippen molar-refractivity contribution in [3.05, 3.63) is 35.6 Å². The predicted molar refractivity (Wildman–Crippen MR) is 85.0 cm³/mol. The van der Waals surface area contributed by atoms with Gasteiger partial charge >= 0.3 is 0 Å². The summed E-state index contributed by atoms with van der Waals surface area (Å²) >= 11 is 0. The molecule has 21 heavy (non-hydrogen) atoms. The molecule has 1 aliphatic heterocycles. The van der Waals surface area contributed by atoms with Gasteiger partial charge in [0.1, 0.15) is 5.82 Å². The van der Waals surface area contributed by atoms with Crippen LogP contribution in [0, 0.1) is 11.7 Å². The maximum absolute atomic E-state index is 13.4. The Kier molecular flexibility index (Phi) is 7.12. The highest BCUT2D eigenvalue weighted by Gasteiger charge is 2.27. The van der Waals surface area contributed by atoms with Gasteiger partial charge < -0.3 is 10.2 Å². The second-order valence-electron chi connectivity index (χ2n) is 5.79. The van der Waals surface area contributed by atoms with E-state index in [9.17, 15) is 9.18 Å². The second-order valence-corrected chi connectivity index (χ2v) is 5.79. The van der Waals surface area contributed by atoms with Crippen molar-refractivity contribution in [2.45, 2.75) is 32.7 Å². The molecule has 0 radical (unpaired) electrons. The van der Waals surface area contributed by atoms with E-state index >= 15 is 0 Å². The fourth-order valence-corrected chi connectivity index (χ4v) is 2.57. The lowest BCUT2D eigenvalue weighted by atomic mass is 10.0. The third-order valence-electron chi connectivity index (χ3n) is 3.73. The van der Waals surface area contributed by atoms with Crippen molar-refractivity contribution in [1.82, 2.24) is 10.2 Å². The van der Waals surface area contributed by atoms with Gasteiger partial charge in [-0.05, 0) is 30.0 Å². The van der Waals surface area contributed by atoms with E-state index in [1.54, 1.807) is 6.07 Å². The van der Waals surface area contributed by atoms with Gasteiger partial charge in [0.05, 0.1) is 6.04 Å². The number of benzene rings is 1. The van der Waals surface area contributed by atoms with Crippen LogP contribution in [-0.4, -0.2) is 30.4 Å². The summed E-state index contributed by atoms with van der Waals surface area (Å²) in [5.41, 5.74) is 0.870. The van der Waals surface area contributed by atoms with E-state index in [0.29, 0.717) is 25.4 Å². The summed E-state index contributed by atoms with van der Waals surface area (Å²) in [6.45, 7) is 6.43. The summed E-state index contributed by atoms with van der Waals surface area (Å²) in [6.07, 6.45) is 1.47. The van der Waals surface area contributed by atoms with Crippen molar-refractivity contribution < 1.29 is 9.18 Å². The SMILES string of the molecule is CC(C)CCC(=O)N1CCNCC1c1cccc(F)c1.Cl. The molecule has 1 aliphatic rings. The summed E-state index contributed by atoms with van der Waals surface area (Å²) < 4.78 is 13.4. The molecule has 2 rings (SSSR count). The van der Waals surface area contributed by atoms with Crippen molar-refractivity contribution in [2.75, 3.05) is 19.6 Å². The fourth-order valence-electron chi connectivity index (χ4n) is 2.57. The van der Waals surface area contributed by atoms with E-state index in [1.807, 2.05) is 11.0 Å². The number of carbonyl (C=O) groups excluding carboxylic acids is 1. The van der Waals surface area contributed by atoms with Crippen LogP contribution in [0.5, 0.6) is 0 Å². The topological polar surface area (TPSA) is 32.3 Å². The van der Waals surface area contributed by atoms with Crippen molar-refractivity contribution in [3.8, 4) is 0 Å². The largest absolute Gasteiger partial charge is 0.333 e. The first kappa shape index (κ1) is 17.9. The average Bonchev–Trinajstić information content (AvgIpc) is 2.44. The van der Waals surface area contributed by atoms with Crippen LogP contribution in [0.4, 0.5) is 4.39 Å². The van der Waals surface area contributed by atoms with Gasteiger partial charge in [0.15, 0.2) is 0 Å². The van der Waals surface area contributed by atoms with Crippen molar-refractivity contribution in [2.24, 2.45) is 5.92 Å². The number of piperazine rings is 1. The number of nitrogens with zero attached hydrogens (tertiary/aromatic N) is 1. The Morgan fingerprint density at radius 2 is 2.24 bits per heavy atom. The third kappa shape index (κ3) is 4.97. The molecule has 1 aromatic carbocycles. The van der Waals surface area contributed by atoms with Gasteiger partial charge in [0.2, 0.25) is 5.91 Å². The first-order chi connectivity index (χ1) is 9.58. The van der Waals surface area contributed by atoms with E-state index in [4.69, 9.17) is 0 Å². The molecule has 1 unspecified atom stereocenters. The number of rotatable bonds is 4. The zero-order valence-electron chi connectivity index (χ0n) is 12.6. The average molecular weight is 315 g/mol. The summed E-state index contributed by atoms with van der Waals surface area (Å²) in [4.78, 5) is 14.3. The van der Waals surface area contributed by atoms with Gasteiger partial charge in [-0.15, -0.1) is 12.4 Å². The molecule has 1 aromatic rings. The monoisotopic (exact) mass is 314 g/mol. The normalized spacial score (nSPS) is 18.5. The molecule has 0 spiro atoms. The highest BCUT2D eigenvalue weighted by Crippen LogP contribution is 2.24. The molecule has 0 saturated carbocycles. The zero-order valence-corrected chi connectivity index (χ0v) is 13.5. The van der Waals surface area contributed by atoms with Crippen molar-refractivity contribution >= 4 is 18.3 Å². The number of halogens is 2. The van der Waals surface area contributed by atoms with Gasteiger partial charge in [0, 0.05) is 26.1 Å². The van der Waals surface area contributed by atoms with Gasteiger partial charge in [-0.3, -0.25) is 4.79 Å². The van der Waals surface area contributed by atoms with Gasteiger partial charge in [-0.2, -0.15) is 0 Å². The highest BCUT2D eigenvalue weighted by molar-refractivity contribution is 5.85. The van der Waals surface area contributed by atoms with E-state index in [-0.39, 0.29) is 30.2 Å². The van der Waals surface area contributed by atoms with E-state index in [1.165, 1.54) is 12.1 Å². The third-order valence-corrected chi connectivity index (χ3v) is 3.73. The maximum Gasteiger partial charge on any atom is 0.223 e. The number of amides is 1. The number of nitrogens with one attached hydrogen (secondary N) is 1. The van der Waals surface area contributed by atoms with E-state index in [2.05, 4.69) is 19.2 Å². The molecular formula is C16H24ClFN2O. The Labute approximate surface area is 132 Å². The summed E-state index contributed by atoms with van der Waals surface area (Å²) in [5.74, 6) is 0.451. The quantitative estimate of drug-likeness (QED) is 0.926. The van der Waals surface area contributed by atoms with Crippen LogP contribution < -0.4 is 5.32 Å². The van der Waals surface area contributed by atoms with Crippen LogP contribution in [-0.2, 0) is 4.79 Å². The molecular weight excluding hydrogens is 291 g/mol. The van der Waals surface area contributed by atoms with Crippen LogP contribution in [0.1, 0.15) is 38.3 Å². The number of carbonyl (C=O) groups is 1.